The Morgan fingerprint density at radius 2 is 1.47 bits per heavy atom. The highest BCUT2D eigenvalue weighted by Gasteiger charge is 2.15. The summed E-state index contributed by atoms with van der Waals surface area (Å²) in [7, 11) is 0. The van der Waals surface area contributed by atoms with Crippen LogP contribution in [0.25, 0.3) is 0 Å². The largest absolute Gasteiger partial charge is 0.289 e. The maximum atomic E-state index is 13.3. The zero-order valence-corrected chi connectivity index (χ0v) is 11.7. The van der Waals surface area contributed by atoms with Crippen LogP contribution in [0.3, 0.4) is 0 Å². The minimum absolute atomic E-state index is 0.0434. The van der Waals surface area contributed by atoms with E-state index in [-0.39, 0.29) is 11.6 Å². The minimum atomic E-state index is -0.283. The molecule has 0 amide bonds. The van der Waals surface area contributed by atoms with Crippen LogP contribution in [0.4, 0.5) is 4.39 Å². The van der Waals surface area contributed by atoms with Crippen molar-refractivity contribution in [2.45, 2.75) is 27.7 Å². The van der Waals surface area contributed by atoms with Crippen LogP contribution in [0.15, 0.2) is 30.3 Å². The first-order valence-electron chi connectivity index (χ1n) is 6.29. The van der Waals surface area contributed by atoms with Crippen LogP contribution in [-0.2, 0) is 0 Å². The number of rotatable bonds is 2. The number of hydrogen-bond donors (Lipinski definition) is 0. The molecule has 98 valence electrons. The summed E-state index contributed by atoms with van der Waals surface area (Å²) in [5.41, 5.74) is 4.81. The fraction of sp³-hybridized carbons (Fsp3) is 0.235. The smallest absolute Gasteiger partial charge is 0.193 e. The molecule has 2 heteroatoms. The summed E-state index contributed by atoms with van der Waals surface area (Å²) < 4.78 is 13.3. The molecule has 0 fully saturated rings. The zero-order valence-electron chi connectivity index (χ0n) is 11.7. The highest BCUT2D eigenvalue weighted by atomic mass is 19.1. The molecule has 2 rings (SSSR count). The van der Waals surface area contributed by atoms with Crippen LogP contribution in [0.1, 0.15) is 38.2 Å². The van der Waals surface area contributed by atoms with Crippen molar-refractivity contribution in [3.8, 4) is 0 Å². The van der Waals surface area contributed by atoms with Crippen molar-refractivity contribution in [2.24, 2.45) is 0 Å². The maximum absolute atomic E-state index is 13.3. The molecular weight excluding hydrogens is 239 g/mol. The molecule has 0 aromatic heterocycles. The first-order chi connectivity index (χ1) is 8.90. The number of aryl methyl sites for hydroxylation is 4. The van der Waals surface area contributed by atoms with Gasteiger partial charge in [-0.15, -0.1) is 0 Å². The average Bonchev–Trinajstić information content (AvgIpc) is 2.31. The molecule has 1 nitrogen and oxygen atoms in total. The van der Waals surface area contributed by atoms with Gasteiger partial charge in [0.1, 0.15) is 5.82 Å². The molecule has 0 unspecified atom stereocenters. The van der Waals surface area contributed by atoms with E-state index in [9.17, 15) is 9.18 Å². The second-order valence-electron chi connectivity index (χ2n) is 5.07. The monoisotopic (exact) mass is 256 g/mol. The van der Waals surface area contributed by atoms with Crippen molar-refractivity contribution in [3.63, 3.8) is 0 Å². The van der Waals surface area contributed by atoms with Crippen LogP contribution < -0.4 is 0 Å². The van der Waals surface area contributed by atoms with E-state index in [4.69, 9.17) is 0 Å². The first-order valence-corrected chi connectivity index (χ1v) is 6.29. The minimum Gasteiger partial charge on any atom is -0.289 e. The Morgan fingerprint density at radius 1 is 0.895 bits per heavy atom. The van der Waals surface area contributed by atoms with E-state index in [1.165, 1.54) is 6.07 Å². The number of hydrogen-bond acceptors (Lipinski definition) is 1. The Kier molecular flexibility index (Phi) is 3.52. The van der Waals surface area contributed by atoms with Crippen LogP contribution in [0.5, 0.6) is 0 Å². The normalized spacial score (nSPS) is 10.6. The maximum Gasteiger partial charge on any atom is 0.193 e. The van der Waals surface area contributed by atoms with Gasteiger partial charge in [-0.1, -0.05) is 17.7 Å². The number of ketones is 1. The van der Waals surface area contributed by atoms with Gasteiger partial charge in [-0.3, -0.25) is 4.79 Å². The number of carbonyl (C=O) groups excluding carboxylic acids is 1. The summed E-state index contributed by atoms with van der Waals surface area (Å²) in [6.07, 6.45) is 0. The third kappa shape index (κ3) is 2.58. The van der Waals surface area contributed by atoms with Gasteiger partial charge < -0.3 is 0 Å². The molecule has 0 saturated carbocycles. The van der Waals surface area contributed by atoms with E-state index < -0.39 is 0 Å². The Labute approximate surface area is 113 Å². The second kappa shape index (κ2) is 4.96. The van der Waals surface area contributed by atoms with E-state index in [0.717, 1.165) is 22.3 Å². The molecular formula is C17H17FO. The zero-order chi connectivity index (χ0) is 14.2. The molecule has 0 saturated heterocycles. The fourth-order valence-electron chi connectivity index (χ4n) is 2.47. The van der Waals surface area contributed by atoms with Gasteiger partial charge in [0.15, 0.2) is 5.78 Å². The van der Waals surface area contributed by atoms with Gasteiger partial charge >= 0.3 is 0 Å². The summed E-state index contributed by atoms with van der Waals surface area (Å²) in [5, 5.41) is 0. The van der Waals surface area contributed by atoms with Crippen molar-refractivity contribution in [2.75, 3.05) is 0 Å². The van der Waals surface area contributed by atoms with Crippen LogP contribution in [0, 0.1) is 33.5 Å². The average molecular weight is 256 g/mol. The Hall–Kier alpha value is -1.96. The summed E-state index contributed by atoms with van der Waals surface area (Å²) in [4.78, 5) is 12.5. The van der Waals surface area contributed by atoms with Gasteiger partial charge in [-0.25, -0.2) is 4.39 Å². The lowest BCUT2D eigenvalue weighted by atomic mass is 9.92. The molecule has 0 radical (unpaired) electrons. The third-order valence-electron chi connectivity index (χ3n) is 3.32. The van der Waals surface area contributed by atoms with Gasteiger partial charge in [0.2, 0.25) is 0 Å². The number of carbonyl (C=O) groups is 1. The fourth-order valence-corrected chi connectivity index (χ4v) is 2.47. The van der Waals surface area contributed by atoms with Gasteiger partial charge in [0.25, 0.3) is 0 Å². The third-order valence-corrected chi connectivity index (χ3v) is 3.32. The van der Waals surface area contributed by atoms with Crippen molar-refractivity contribution in [1.82, 2.24) is 0 Å². The molecule has 19 heavy (non-hydrogen) atoms. The summed E-state index contributed by atoms with van der Waals surface area (Å²) in [6, 6.07) is 8.49. The van der Waals surface area contributed by atoms with Crippen LogP contribution >= 0.6 is 0 Å². The summed E-state index contributed by atoms with van der Waals surface area (Å²) >= 11 is 0. The molecule has 2 aromatic carbocycles. The number of halogens is 1. The van der Waals surface area contributed by atoms with E-state index in [0.29, 0.717) is 11.1 Å². The quantitative estimate of drug-likeness (QED) is 0.732. The van der Waals surface area contributed by atoms with E-state index in [2.05, 4.69) is 0 Å². The predicted molar refractivity (Wildman–Crippen MR) is 75.2 cm³/mol. The predicted octanol–water partition coefficient (Wildman–Crippen LogP) is 4.29. The van der Waals surface area contributed by atoms with Crippen molar-refractivity contribution < 1.29 is 9.18 Å². The van der Waals surface area contributed by atoms with Crippen LogP contribution in [0.2, 0.25) is 0 Å². The Balaban J connectivity index is 2.53. The molecule has 0 heterocycles. The molecule has 0 N–H and O–H groups in total. The van der Waals surface area contributed by atoms with Gasteiger partial charge in [0, 0.05) is 11.1 Å². The lowest BCUT2D eigenvalue weighted by Crippen LogP contribution is -2.07. The molecule has 0 bridgehead atoms. The SMILES string of the molecule is Cc1cc(C)c(C(=O)c2ccc(F)c(C)c2)c(C)c1. The lowest BCUT2D eigenvalue weighted by molar-refractivity contribution is 0.103. The summed E-state index contributed by atoms with van der Waals surface area (Å²) in [5.74, 6) is -0.327. The van der Waals surface area contributed by atoms with E-state index in [1.807, 2.05) is 32.9 Å². The van der Waals surface area contributed by atoms with Crippen molar-refractivity contribution in [1.29, 1.82) is 0 Å². The van der Waals surface area contributed by atoms with Crippen molar-refractivity contribution >= 4 is 5.78 Å². The number of benzene rings is 2. The second-order valence-corrected chi connectivity index (χ2v) is 5.07. The highest BCUT2D eigenvalue weighted by molar-refractivity contribution is 6.10. The highest BCUT2D eigenvalue weighted by Crippen LogP contribution is 2.21. The Bertz CT molecular complexity index is 633. The standard InChI is InChI=1S/C17H17FO/c1-10-7-12(3)16(13(4)8-10)17(19)14-5-6-15(18)11(2)9-14/h5-9H,1-4H3. The van der Waals surface area contributed by atoms with Gasteiger partial charge in [-0.05, 0) is 62.6 Å². The topological polar surface area (TPSA) is 17.1 Å². The Morgan fingerprint density at radius 3 is 2.00 bits per heavy atom. The lowest BCUT2D eigenvalue weighted by Gasteiger charge is -2.11. The summed E-state index contributed by atoms with van der Waals surface area (Å²) in [6.45, 7) is 7.55. The first kappa shape index (κ1) is 13.5. The molecule has 2 aromatic rings. The molecule has 0 atom stereocenters. The van der Waals surface area contributed by atoms with E-state index in [1.54, 1.807) is 19.1 Å². The van der Waals surface area contributed by atoms with E-state index >= 15 is 0 Å². The van der Waals surface area contributed by atoms with Gasteiger partial charge in [-0.2, -0.15) is 0 Å². The van der Waals surface area contributed by atoms with Gasteiger partial charge in [0.05, 0.1) is 0 Å². The molecule has 0 spiro atoms. The molecule has 0 aliphatic rings. The van der Waals surface area contributed by atoms with Crippen molar-refractivity contribution in [3.05, 3.63) is 69.5 Å². The molecule has 0 aliphatic heterocycles. The van der Waals surface area contributed by atoms with Crippen LogP contribution in [-0.4, -0.2) is 5.78 Å². The molecule has 0 aliphatic carbocycles.